The molecule has 0 aromatic rings. The van der Waals surface area contributed by atoms with E-state index in [1.807, 2.05) is 0 Å². The summed E-state index contributed by atoms with van der Waals surface area (Å²) in [6.07, 6.45) is 27.5. The molecule has 4 aliphatic carbocycles. The van der Waals surface area contributed by atoms with E-state index in [1.54, 1.807) is 0 Å². The van der Waals surface area contributed by atoms with Crippen LogP contribution in [0.2, 0.25) is 0 Å². The molecule has 0 amide bonds. The normalized spacial score (nSPS) is 25.9. The number of rotatable bonds is 6. The second-order valence-electron chi connectivity index (χ2n) is 11.4. The first kappa shape index (κ1) is 25.6. The molecule has 4 saturated carbocycles. The summed E-state index contributed by atoms with van der Waals surface area (Å²) in [5, 5.41) is 0. The number of hydrogen-bond acceptors (Lipinski definition) is 2. The van der Waals surface area contributed by atoms with Gasteiger partial charge >= 0.3 is 212 Å². The van der Waals surface area contributed by atoms with Crippen LogP contribution in [0.5, 0.6) is 0 Å². The second kappa shape index (κ2) is 13.5. The molecule has 0 heterocycles. The predicted octanol–water partition coefficient (Wildman–Crippen LogP) is 7.29. The van der Waals surface area contributed by atoms with Crippen LogP contribution in [0.25, 0.3) is 0 Å². The van der Waals surface area contributed by atoms with Gasteiger partial charge in [-0.3, -0.25) is 0 Å². The van der Waals surface area contributed by atoms with Crippen LogP contribution in [0.4, 0.5) is 0 Å². The van der Waals surface area contributed by atoms with Gasteiger partial charge < -0.3 is 0 Å². The van der Waals surface area contributed by atoms with Gasteiger partial charge in [0.15, 0.2) is 0 Å². The van der Waals surface area contributed by atoms with Crippen LogP contribution in [-0.4, -0.2) is 59.4 Å². The first-order chi connectivity index (χ1) is 16.2. The fourth-order valence-electron chi connectivity index (χ4n) is 6.70. The number of amidine groups is 2. The van der Waals surface area contributed by atoms with E-state index in [9.17, 15) is 0 Å². The van der Waals surface area contributed by atoms with Gasteiger partial charge in [-0.1, -0.05) is 0 Å². The Morgan fingerprint density at radius 2 is 0.788 bits per heavy atom. The zero-order valence-corrected chi connectivity index (χ0v) is 23.8. The molecule has 0 aromatic carbocycles. The summed E-state index contributed by atoms with van der Waals surface area (Å²) < 4.78 is 5.73. The summed E-state index contributed by atoms with van der Waals surface area (Å²) in [6.45, 7) is 4.72. The molecular formula is C28H50GeN4. The van der Waals surface area contributed by atoms with Crippen molar-refractivity contribution in [3.05, 3.63) is 0 Å². The van der Waals surface area contributed by atoms with Gasteiger partial charge in [0.1, 0.15) is 0 Å². The van der Waals surface area contributed by atoms with E-state index in [2.05, 4.69) is 21.6 Å². The van der Waals surface area contributed by atoms with E-state index in [-0.39, 0.29) is 0 Å². The van der Waals surface area contributed by atoms with Gasteiger partial charge in [-0.2, -0.15) is 0 Å². The first-order valence-electron chi connectivity index (χ1n) is 14.6. The molecule has 4 aliphatic rings. The van der Waals surface area contributed by atoms with E-state index in [0.717, 1.165) is 12.1 Å². The quantitative estimate of drug-likeness (QED) is 0.211. The summed E-state index contributed by atoms with van der Waals surface area (Å²) >= 11 is -0.469. The van der Waals surface area contributed by atoms with Crippen molar-refractivity contribution >= 4 is 27.5 Å². The maximum absolute atomic E-state index is 5.39. The molecule has 0 spiro atoms. The Kier molecular flexibility index (Phi) is 10.5. The maximum atomic E-state index is 5.39. The molecule has 0 N–H and O–H groups in total. The summed E-state index contributed by atoms with van der Waals surface area (Å²) in [5.41, 5.74) is 0. The fraction of sp³-hybridized carbons (Fsp3) is 0.929. The van der Waals surface area contributed by atoms with Gasteiger partial charge in [0.2, 0.25) is 0 Å². The van der Waals surface area contributed by atoms with Crippen molar-refractivity contribution in [1.29, 1.82) is 0 Å². The van der Waals surface area contributed by atoms with Gasteiger partial charge in [-0.05, 0) is 0 Å². The van der Waals surface area contributed by atoms with Crippen molar-refractivity contribution in [3.63, 3.8) is 0 Å². The van der Waals surface area contributed by atoms with Crippen LogP contribution < -0.4 is 0 Å². The fourth-order valence-corrected chi connectivity index (χ4v) is 9.81. The molecule has 0 saturated heterocycles. The average Bonchev–Trinajstić information content (AvgIpc) is 2.87. The molecule has 0 aromatic heterocycles. The summed E-state index contributed by atoms with van der Waals surface area (Å²) in [7, 11) is 0. The topological polar surface area (TPSA) is 31.2 Å². The van der Waals surface area contributed by atoms with Crippen molar-refractivity contribution in [3.8, 4) is 0 Å². The van der Waals surface area contributed by atoms with E-state index in [4.69, 9.17) is 9.98 Å². The molecule has 4 nitrogen and oxygen atoms in total. The minimum absolute atomic E-state index is 0.469. The summed E-state index contributed by atoms with van der Waals surface area (Å²) in [5.74, 6) is 2.75. The van der Waals surface area contributed by atoms with E-state index < -0.39 is 15.9 Å². The van der Waals surface area contributed by atoms with Crippen molar-refractivity contribution in [2.75, 3.05) is 0 Å². The van der Waals surface area contributed by atoms with Gasteiger partial charge in [0, 0.05) is 0 Å². The van der Waals surface area contributed by atoms with Gasteiger partial charge in [0.05, 0.1) is 0 Å². The Hall–Kier alpha value is -0.517. The number of nitrogens with zero attached hydrogens (tertiary/aromatic N) is 4. The minimum atomic E-state index is -0.469. The molecule has 0 bridgehead atoms. The Labute approximate surface area is 211 Å². The van der Waals surface area contributed by atoms with Crippen LogP contribution in [-0.2, 0) is 0 Å². The van der Waals surface area contributed by atoms with Crippen molar-refractivity contribution in [2.24, 2.45) is 9.98 Å². The Morgan fingerprint density at radius 1 is 0.485 bits per heavy atom. The van der Waals surface area contributed by atoms with E-state index in [0.29, 0.717) is 12.1 Å². The molecule has 5 heteroatoms. The van der Waals surface area contributed by atoms with Crippen molar-refractivity contribution < 1.29 is 0 Å². The molecule has 33 heavy (non-hydrogen) atoms. The monoisotopic (exact) mass is 516 g/mol. The molecule has 0 unspecified atom stereocenters. The second-order valence-corrected chi connectivity index (χ2v) is 13.8. The van der Waals surface area contributed by atoms with E-state index in [1.165, 1.54) is 140 Å². The van der Waals surface area contributed by atoms with Crippen LogP contribution in [0.1, 0.15) is 142 Å². The van der Waals surface area contributed by atoms with Crippen LogP contribution in [0, 0.1) is 0 Å². The zero-order valence-electron chi connectivity index (χ0n) is 21.7. The summed E-state index contributed by atoms with van der Waals surface area (Å²) in [4.78, 5) is 10.8. The van der Waals surface area contributed by atoms with Gasteiger partial charge in [-0.25, -0.2) is 0 Å². The standard InChI is InChI=1S/C28H50GeN4/c1-23(30-25-15-7-3-8-16-25)32(27-19-11-5-12-20-27)29-33(28-21-13-6-14-22-28)24(2)31-26-17-9-4-10-18-26/h25-28H,3-22H2,1-2H3. The molecule has 186 valence electrons. The van der Waals surface area contributed by atoms with Gasteiger partial charge in [0.25, 0.3) is 0 Å². The first-order valence-corrected chi connectivity index (χ1v) is 16.5. The average molecular weight is 515 g/mol. The molecule has 4 rings (SSSR count). The van der Waals surface area contributed by atoms with E-state index >= 15 is 0 Å². The van der Waals surface area contributed by atoms with Crippen LogP contribution >= 0.6 is 0 Å². The van der Waals surface area contributed by atoms with Crippen molar-refractivity contribution in [2.45, 2.75) is 166 Å². The third-order valence-corrected chi connectivity index (χ3v) is 12.5. The van der Waals surface area contributed by atoms with Gasteiger partial charge in [-0.15, -0.1) is 0 Å². The Balaban J connectivity index is 1.55. The molecule has 0 aliphatic heterocycles. The Bertz CT molecular complexity index is 570. The number of hydrogen-bond donors (Lipinski definition) is 0. The van der Waals surface area contributed by atoms with Crippen molar-refractivity contribution in [1.82, 2.24) is 7.71 Å². The predicted molar refractivity (Wildman–Crippen MR) is 143 cm³/mol. The molecule has 0 atom stereocenters. The van der Waals surface area contributed by atoms with Crippen LogP contribution in [0.3, 0.4) is 0 Å². The number of aliphatic imine (C=N–C) groups is 2. The zero-order chi connectivity index (χ0) is 22.9. The van der Waals surface area contributed by atoms with Crippen LogP contribution in [0.15, 0.2) is 9.98 Å². The molecule has 4 fully saturated rings. The SMILES string of the molecule is CC(=NC1CCCCC1)[N]([Ge][N](C(C)=NC1CCCCC1)C1CCCCC1)C1CCCCC1. The third-order valence-electron chi connectivity index (χ3n) is 8.68. The molecule has 2 radical (unpaired) electrons. The molecular weight excluding hydrogens is 465 g/mol. The summed E-state index contributed by atoms with van der Waals surface area (Å²) in [6, 6.07) is 2.60. The third kappa shape index (κ3) is 7.73. The Morgan fingerprint density at radius 3 is 1.12 bits per heavy atom.